The standard InChI is InChI=1S/C17H17N3O4/c1-20(10-15(21)22)17(24)12-4-8-14(9-5-12)19-16(23)11-2-6-13(18)7-3-11/h2-9H,10,18H2,1H3,(H,19,23)(H,21,22). The third kappa shape index (κ3) is 4.33. The van der Waals surface area contributed by atoms with Gasteiger partial charge in [-0.2, -0.15) is 0 Å². The molecule has 0 radical (unpaired) electrons. The first-order valence-corrected chi connectivity index (χ1v) is 7.11. The number of aliphatic carboxylic acids is 1. The van der Waals surface area contributed by atoms with Crippen LogP contribution in [0.3, 0.4) is 0 Å². The van der Waals surface area contributed by atoms with Crippen LogP contribution >= 0.6 is 0 Å². The van der Waals surface area contributed by atoms with Crippen molar-refractivity contribution >= 4 is 29.2 Å². The number of anilines is 2. The van der Waals surface area contributed by atoms with Crippen LogP contribution in [0.1, 0.15) is 20.7 Å². The number of carboxylic acid groups (broad SMARTS) is 1. The highest BCUT2D eigenvalue weighted by Gasteiger charge is 2.14. The Bertz CT molecular complexity index is 754. The fourth-order valence-corrected chi connectivity index (χ4v) is 2.03. The molecule has 0 saturated carbocycles. The molecule has 24 heavy (non-hydrogen) atoms. The molecule has 2 amide bonds. The predicted octanol–water partition coefficient (Wildman–Crippen LogP) is 1.68. The Morgan fingerprint density at radius 1 is 1.00 bits per heavy atom. The van der Waals surface area contributed by atoms with Crippen LogP contribution in [0.25, 0.3) is 0 Å². The molecule has 2 rings (SSSR count). The number of hydrogen-bond acceptors (Lipinski definition) is 4. The summed E-state index contributed by atoms with van der Waals surface area (Å²) in [5.41, 5.74) is 7.47. The molecular weight excluding hydrogens is 310 g/mol. The quantitative estimate of drug-likeness (QED) is 0.723. The Hall–Kier alpha value is -3.35. The minimum Gasteiger partial charge on any atom is -0.480 e. The maximum Gasteiger partial charge on any atom is 0.323 e. The minimum atomic E-state index is -1.08. The average molecular weight is 327 g/mol. The lowest BCUT2D eigenvalue weighted by Crippen LogP contribution is -2.31. The van der Waals surface area contributed by atoms with Gasteiger partial charge in [0, 0.05) is 29.5 Å². The van der Waals surface area contributed by atoms with E-state index >= 15 is 0 Å². The molecule has 0 aromatic heterocycles. The zero-order valence-electron chi connectivity index (χ0n) is 13.0. The van der Waals surface area contributed by atoms with E-state index in [9.17, 15) is 14.4 Å². The molecule has 7 heteroatoms. The first-order chi connectivity index (χ1) is 11.4. The highest BCUT2D eigenvalue weighted by atomic mass is 16.4. The number of carboxylic acids is 1. The molecule has 0 fully saturated rings. The predicted molar refractivity (Wildman–Crippen MR) is 89.8 cm³/mol. The first kappa shape index (κ1) is 17.0. The normalized spacial score (nSPS) is 10.0. The van der Waals surface area contributed by atoms with E-state index in [1.165, 1.54) is 19.2 Å². The molecule has 0 saturated heterocycles. The second-order valence-corrected chi connectivity index (χ2v) is 5.21. The molecule has 4 N–H and O–H groups in total. The monoisotopic (exact) mass is 327 g/mol. The number of nitrogens with zero attached hydrogens (tertiary/aromatic N) is 1. The van der Waals surface area contributed by atoms with Crippen LogP contribution in [-0.4, -0.2) is 41.4 Å². The van der Waals surface area contributed by atoms with Crippen molar-refractivity contribution in [2.75, 3.05) is 24.6 Å². The number of hydrogen-bond donors (Lipinski definition) is 3. The van der Waals surface area contributed by atoms with Gasteiger partial charge < -0.3 is 21.1 Å². The lowest BCUT2D eigenvalue weighted by atomic mass is 10.1. The summed E-state index contributed by atoms with van der Waals surface area (Å²) in [5.74, 6) is -1.79. The molecule has 2 aromatic rings. The Kier molecular flexibility index (Phi) is 5.16. The molecule has 2 aromatic carbocycles. The van der Waals surface area contributed by atoms with E-state index in [0.29, 0.717) is 22.5 Å². The Morgan fingerprint density at radius 3 is 2.08 bits per heavy atom. The summed E-state index contributed by atoms with van der Waals surface area (Å²) in [6.45, 7) is -0.380. The van der Waals surface area contributed by atoms with Crippen molar-refractivity contribution in [3.05, 3.63) is 59.7 Å². The lowest BCUT2D eigenvalue weighted by Gasteiger charge is -2.14. The molecular formula is C17H17N3O4. The Morgan fingerprint density at radius 2 is 1.54 bits per heavy atom. The van der Waals surface area contributed by atoms with Crippen molar-refractivity contribution in [2.24, 2.45) is 0 Å². The van der Waals surface area contributed by atoms with Crippen molar-refractivity contribution in [3.8, 4) is 0 Å². The van der Waals surface area contributed by atoms with Gasteiger partial charge in [0.15, 0.2) is 0 Å². The average Bonchev–Trinajstić information content (AvgIpc) is 2.54. The number of benzene rings is 2. The van der Waals surface area contributed by atoms with Gasteiger partial charge in [-0.15, -0.1) is 0 Å². The van der Waals surface area contributed by atoms with E-state index in [2.05, 4.69) is 5.32 Å². The minimum absolute atomic E-state index is 0.294. The van der Waals surface area contributed by atoms with E-state index in [-0.39, 0.29) is 12.5 Å². The van der Waals surface area contributed by atoms with Gasteiger partial charge in [0.2, 0.25) is 0 Å². The smallest absolute Gasteiger partial charge is 0.323 e. The van der Waals surface area contributed by atoms with E-state index in [1.54, 1.807) is 36.4 Å². The van der Waals surface area contributed by atoms with Crippen molar-refractivity contribution in [1.82, 2.24) is 4.90 Å². The summed E-state index contributed by atoms with van der Waals surface area (Å²) in [6, 6.07) is 12.7. The topological polar surface area (TPSA) is 113 Å². The number of carbonyl (C=O) groups excluding carboxylic acids is 2. The van der Waals surface area contributed by atoms with E-state index < -0.39 is 11.9 Å². The number of carbonyl (C=O) groups is 3. The fourth-order valence-electron chi connectivity index (χ4n) is 2.03. The van der Waals surface area contributed by atoms with Crippen molar-refractivity contribution in [3.63, 3.8) is 0 Å². The van der Waals surface area contributed by atoms with Gasteiger partial charge in [0.1, 0.15) is 6.54 Å². The Balaban J connectivity index is 2.04. The molecule has 0 aliphatic rings. The third-order valence-electron chi connectivity index (χ3n) is 3.28. The summed E-state index contributed by atoms with van der Waals surface area (Å²) >= 11 is 0. The number of likely N-dealkylation sites (N-methyl/N-ethyl adjacent to an activating group) is 1. The highest BCUT2D eigenvalue weighted by molar-refractivity contribution is 6.04. The summed E-state index contributed by atoms with van der Waals surface area (Å²) in [7, 11) is 1.41. The van der Waals surface area contributed by atoms with Gasteiger partial charge >= 0.3 is 5.97 Å². The summed E-state index contributed by atoms with van der Waals surface area (Å²) in [5, 5.41) is 11.4. The number of nitrogen functional groups attached to an aromatic ring is 1. The van der Waals surface area contributed by atoms with Crippen LogP contribution in [0.15, 0.2) is 48.5 Å². The molecule has 0 aliphatic carbocycles. The second kappa shape index (κ2) is 7.28. The molecule has 0 heterocycles. The summed E-state index contributed by atoms with van der Waals surface area (Å²) < 4.78 is 0. The molecule has 0 unspecified atom stereocenters. The largest absolute Gasteiger partial charge is 0.480 e. The fraction of sp³-hybridized carbons (Fsp3) is 0.118. The van der Waals surface area contributed by atoms with Gasteiger partial charge in [0.05, 0.1) is 0 Å². The third-order valence-corrected chi connectivity index (χ3v) is 3.28. The molecule has 124 valence electrons. The van der Waals surface area contributed by atoms with Crippen molar-refractivity contribution < 1.29 is 19.5 Å². The van der Waals surface area contributed by atoms with Crippen LogP contribution in [-0.2, 0) is 4.79 Å². The van der Waals surface area contributed by atoms with Crippen LogP contribution in [0.2, 0.25) is 0 Å². The van der Waals surface area contributed by atoms with E-state index in [1.807, 2.05) is 0 Å². The SMILES string of the molecule is CN(CC(=O)O)C(=O)c1ccc(NC(=O)c2ccc(N)cc2)cc1. The zero-order valence-corrected chi connectivity index (χ0v) is 13.0. The van der Waals surface area contributed by atoms with Gasteiger partial charge in [-0.1, -0.05) is 0 Å². The van der Waals surface area contributed by atoms with Gasteiger partial charge in [-0.25, -0.2) is 0 Å². The van der Waals surface area contributed by atoms with Crippen LogP contribution in [0.5, 0.6) is 0 Å². The molecule has 0 atom stereocenters. The number of nitrogens with two attached hydrogens (primary N) is 1. The first-order valence-electron chi connectivity index (χ1n) is 7.11. The maximum atomic E-state index is 12.1. The van der Waals surface area contributed by atoms with Gasteiger partial charge in [-0.3, -0.25) is 14.4 Å². The van der Waals surface area contributed by atoms with Crippen LogP contribution in [0, 0.1) is 0 Å². The second-order valence-electron chi connectivity index (χ2n) is 5.21. The number of amides is 2. The highest BCUT2D eigenvalue weighted by Crippen LogP contribution is 2.13. The molecule has 0 aliphatic heterocycles. The molecule has 0 spiro atoms. The van der Waals surface area contributed by atoms with Crippen molar-refractivity contribution in [1.29, 1.82) is 0 Å². The van der Waals surface area contributed by atoms with E-state index in [0.717, 1.165) is 4.90 Å². The number of nitrogens with one attached hydrogen (secondary N) is 1. The maximum absolute atomic E-state index is 12.1. The van der Waals surface area contributed by atoms with Gasteiger partial charge in [0.25, 0.3) is 11.8 Å². The van der Waals surface area contributed by atoms with Gasteiger partial charge in [-0.05, 0) is 48.5 Å². The lowest BCUT2D eigenvalue weighted by molar-refractivity contribution is -0.137. The number of rotatable bonds is 5. The van der Waals surface area contributed by atoms with Crippen molar-refractivity contribution in [2.45, 2.75) is 0 Å². The Labute approximate surface area is 138 Å². The zero-order chi connectivity index (χ0) is 17.7. The molecule has 0 bridgehead atoms. The van der Waals surface area contributed by atoms with Crippen LogP contribution < -0.4 is 11.1 Å². The summed E-state index contributed by atoms with van der Waals surface area (Å²) in [6.07, 6.45) is 0. The summed E-state index contributed by atoms with van der Waals surface area (Å²) in [4.78, 5) is 35.8. The molecule has 7 nitrogen and oxygen atoms in total. The van der Waals surface area contributed by atoms with E-state index in [4.69, 9.17) is 10.8 Å². The van der Waals surface area contributed by atoms with Crippen LogP contribution in [0.4, 0.5) is 11.4 Å².